The second-order valence-electron chi connectivity index (χ2n) is 6.71. The molecule has 0 spiro atoms. The fourth-order valence-electron chi connectivity index (χ4n) is 3.24. The van der Waals surface area contributed by atoms with Crippen molar-refractivity contribution in [2.45, 2.75) is 52.6 Å². The molecule has 0 fully saturated rings. The van der Waals surface area contributed by atoms with E-state index in [0.717, 1.165) is 18.5 Å². The minimum Gasteiger partial charge on any atom is -0.348 e. The maximum Gasteiger partial charge on any atom is 0.209 e. The van der Waals surface area contributed by atoms with Crippen LogP contribution in [0.5, 0.6) is 0 Å². The molecule has 114 valence electrons. The molecule has 0 aliphatic heterocycles. The second kappa shape index (κ2) is 5.16. The van der Waals surface area contributed by atoms with E-state index in [1.165, 1.54) is 11.3 Å². The van der Waals surface area contributed by atoms with Gasteiger partial charge in [-0.3, -0.25) is 0 Å². The molecule has 1 aromatic heterocycles. The van der Waals surface area contributed by atoms with Gasteiger partial charge in [0.25, 0.3) is 0 Å². The highest BCUT2D eigenvalue weighted by Gasteiger charge is 2.33. The van der Waals surface area contributed by atoms with Crippen LogP contribution in [0, 0.1) is 12.3 Å². The summed E-state index contributed by atoms with van der Waals surface area (Å²) in [6, 6.07) is 2.22. The van der Waals surface area contributed by atoms with Crippen LogP contribution in [0.15, 0.2) is 6.07 Å². The van der Waals surface area contributed by atoms with Crippen LogP contribution in [0.4, 0.5) is 0 Å². The number of aryl methyl sites for hydroxylation is 1. The Morgan fingerprint density at radius 3 is 2.70 bits per heavy atom. The van der Waals surface area contributed by atoms with Crippen LogP contribution in [0.3, 0.4) is 0 Å². The lowest BCUT2D eigenvalue weighted by molar-refractivity contribution is 0.275. The Morgan fingerprint density at radius 1 is 1.45 bits per heavy atom. The summed E-state index contributed by atoms with van der Waals surface area (Å²) >= 11 is 0. The molecule has 1 atom stereocenters. The number of hydrogen-bond acceptors (Lipinski definition) is 3. The highest BCUT2D eigenvalue weighted by atomic mass is 32.2. The van der Waals surface area contributed by atoms with E-state index in [1.807, 2.05) is 0 Å². The van der Waals surface area contributed by atoms with Gasteiger partial charge in [-0.2, -0.15) is 0 Å². The number of hydrogen-bond donors (Lipinski definition) is 2. The van der Waals surface area contributed by atoms with Crippen molar-refractivity contribution in [3.63, 3.8) is 0 Å². The Morgan fingerprint density at radius 2 is 2.10 bits per heavy atom. The predicted octanol–water partition coefficient (Wildman–Crippen LogP) is 1.45. The van der Waals surface area contributed by atoms with E-state index in [4.69, 9.17) is 10.9 Å². The summed E-state index contributed by atoms with van der Waals surface area (Å²) in [7, 11) is -3.38. The summed E-state index contributed by atoms with van der Waals surface area (Å²) in [5.41, 5.74) is 10.1. The van der Waals surface area contributed by atoms with Gasteiger partial charge in [-0.25, -0.2) is 13.6 Å². The first-order valence-corrected chi connectivity index (χ1v) is 8.75. The van der Waals surface area contributed by atoms with Crippen molar-refractivity contribution < 1.29 is 8.42 Å². The third kappa shape index (κ3) is 3.42. The molecule has 1 aromatic rings. The first-order valence-electron chi connectivity index (χ1n) is 7.04. The fourth-order valence-corrected chi connectivity index (χ4v) is 3.77. The van der Waals surface area contributed by atoms with E-state index in [2.05, 4.69) is 31.4 Å². The van der Waals surface area contributed by atoms with E-state index in [-0.39, 0.29) is 17.2 Å². The van der Waals surface area contributed by atoms with Crippen molar-refractivity contribution in [2.24, 2.45) is 16.3 Å². The second-order valence-corrected chi connectivity index (χ2v) is 8.45. The van der Waals surface area contributed by atoms with E-state index < -0.39 is 10.0 Å². The first kappa shape index (κ1) is 15.5. The minimum absolute atomic E-state index is 0.0227. The van der Waals surface area contributed by atoms with Crippen LogP contribution in [0.2, 0.25) is 0 Å². The summed E-state index contributed by atoms with van der Waals surface area (Å²) < 4.78 is 24.3. The maximum absolute atomic E-state index is 11.0. The molecule has 1 aliphatic carbocycles. The molecule has 5 nitrogen and oxygen atoms in total. The van der Waals surface area contributed by atoms with Crippen LogP contribution < -0.4 is 10.9 Å². The summed E-state index contributed by atoms with van der Waals surface area (Å²) in [6.07, 6.45) is 2.51. The molecule has 0 radical (unpaired) electrons. The number of nitrogens with zero attached hydrogens (tertiary/aromatic N) is 1. The quantitative estimate of drug-likeness (QED) is 0.881. The molecule has 2 rings (SSSR count). The molecule has 4 N–H and O–H groups in total. The molecule has 1 heterocycles. The Hall–Kier alpha value is -0.850. The lowest BCUT2D eigenvalue weighted by Gasteiger charge is -2.34. The predicted molar refractivity (Wildman–Crippen MR) is 80.8 cm³/mol. The Bertz CT molecular complexity index is 602. The smallest absolute Gasteiger partial charge is 0.209 e. The number of sulfonamides is 1. The van der Waals surface area contributed by atoms with Crippen molar-refractivity contribution >= 4 is 10.0 Å². The summed E-state index contributed by atoms with van der Waals surface area (Å²) in [5, 5.41) is 5.06. The molecule has 0 saturated carbocycles. The van der Waals surface area contributed by atoms with Gasteiger partial charge in [-0.1, -0.05) is 13.8 Å². The molecule has 6 heteroatoms. The average Bonchev–Trinajstić information content (AvgIpc) is 2.54. The van der Waals surface area contributed by atoms with Crippen molar-refractivity contribution in [3.8, 4) is 0 Å². The summed E-state index contributed by atoms with van der Waals surface area (Å²) in [4.78, 5) is 0. The largest absolute Gasteiger partial charge is 0.348 e. The van der Waals surface area contributed by atoms with Gasteiger partial charge in [0, 0.05) is 24.0 Å². The molecule has 1 aliphatic rings. The summed E-state index contributed by atoms with van der Waals surface area (Å²) in [5.74, 6) is 0.0227. The Balaban J connectivity index is 2.23. The number of fused-ring (bicyclic) bond motifs is 1. The van der Waals surface area contributed by atoms with Crippen LogP contribution in [-0.4, -0.2) is 18.7 Å². The highest BCUT2D eigenvalue weighted by Crippen LogP contribution is 2.40. The molecule has 0 saturated heterocycles. The molecule has 1 unspecified atom stereocenters. The van der Waals surface area contributed by atoms with Gasteiger partial charge in [0.15, 0.2) is 0 Å². The van der Waals surface area contributed by atoms with Crippen molar-refractivity contribution in [1.82, 2.24) is 4.57 Å². The SMILES string of the molecule is Cc1cc2c(n1CCCS(N)(=O)=O)CC(C)(C)CC2N. The monoisotopic (exact) mass is 299 g/mol. The van der Waals surface area contributed by atoms with Gasteiger partial charge < -0.3 is 10.3 Å². The van der Waals surface area contributed by atoms with E-state index >= 15 is 0 Å². The standard InChI is InChI=1S/C14H25N3O2S/c1-10-7-11-12(15)8-14(2,3)9-13(11)17(10)5-4-6-20(16,18)19/h7,12H,4-6,8-9,15H2,1-3H3,(H2,16,18,19). The van der Waals surface area contributed by atoms with Crippen molar-refractivity contribution in [2.75, 3.05) is 5.75 Å². The third-order valence-electron chi connectivity index (χ3n) is 4.08. The molecule has 20 heavy (non-hydrogen) atoms. The zero-order chi connectivity index (χ0) is 15.1. The van der Waals surface area contributed by atoms with Crippen molar-refractivity contribution in [3.05, 3.63) is 23.0 Å². The van der Waals surface area contributed by atoms with Crippen LogP contribution >= 0.6 is 0 Å². The number of primary sulfonamides is 1. The number of nitrogens with two attached hydrogens (primary N) is 2. The van der Waals surface area contributed by atoms with Gasteiger partial charge >= 0.3 is 0 Å². The van der Waals surface area contributed by atoms with Gasteiger partial charge in [0.05, 0.1) is 5.75 Å². The maximum atomic E-state index is 11.0. The molecule has 0 bridgehead atoms. The minimum atomic E-state index is -3.38. The van der Waals surface area contributed by atoms with Crippen molar-refractivity contribution in [1.29, 1.82) is 0 Å². The first-order chi connectivity index (χ1) is 9.09. The van der Waals surface area contributed by atoms with E-state index in [9.17, 15) is 8.42 Å². The Kier molecular flexibility index (Phi) is 4.01. The van der Waals surface area contributed by atoms with E-state index in [0.29, 0.717) is 13.0 Å². The topological polar surface area (TPSA) is 91.1 Å². The summed E-state index contributed by atoms with van der Waals surface area (Å²) in [6.45, 7) is 7.19. The van der Waals surface area contributed by atoms with Crippen LogP contribution in [0.1, 0.15) is 49.7 Å². The normalized spacial score (nSPS) is 21.8. The van der Waals surface area contributed by atoms with Crippen LogP contribution in [-0.2, 0) is 23.0 Å². The van der Waals surface area contributed by atoms with E-state index in [1.54, 1.807) is 0 Å². The molecular formula is C14H25N3O2S. The lowest BCUT2D eigenvalue weighted by Crippen LogP contribution is -2.30. The zero-order valence-electron chi connectivity index (χ0n) is 12.5. The lowest BCUT2D eigenvalue weighted by atomic mass is 9.74. The average molecular weight is 299 g/mol. The van der Waals surface area contributed by atoms with Gasteiger partial charge in [0.2, 0.25) is 10.0 Å². The third-order valence-corrected chi connectivity index (χ3v) is 4.94. The molecular weight excluding hydrogens is 274 g/mol. The number of rotatable bonds is 4. The molecule has 0 aromatic carbocycles. The van der Waals surface area contributed by atoms with Crippen LogP contribution in [0.25, 0.3) is 0 Å². The van der Waals surface area contributed by atoms with Gasteiger partial charge in [0.1, 0.15) is 0 Å². The van der Waals surface area contributed by atoms with Gasteiger partial charge in [-0.05, 0) is 43.2 Å². The fraction of sp³-hybridized carbons (Fsp3) is 0.714. The zero-order valence-corrected chi connectivity index (χ0v) is 13.3. The molecule has 0 amide bonds. The van der Waals surface area contributed by atoms with Gasteiger partial charge in [-0.15, -0.1) is 0 Å². The Labute approximate surface area is 121 Å². The number of aromatic nitrogens is 1. The highest BCUT2D eigenvalue weighted by molar-refractivity contribution is 7.89.